The van der Waals surface area contributed by atoms with Gasteiger partial charge in [0.2, 0.25) is 5.91 Å². The fraction of sp³-hybridized carbons (Fsp3) is 0.905. The molecule has 7 nitrogen and oxygen atoms in total. The molecule has 1 amide bonds. The number of hydrogen-bond donors (Lipinski definition) is 2. The van der Waals surface area contributed by atoms with Crippen LogP contribution in [0.1, 0.15) is 51.9 Å². The molecule has 1 saturated carbocycles. The third-order valence-electron chi connectivity index (χ3n) is 6.15. The Labute approximate surface area is 170 Å². The van der Waals surface area contributed by atoms with Gasteiger partial charge < -0.3 is 20.3 Å². The number of rotatable bonds is 7. The van der Waals surface area contributed by atoms with Crippen LogP contribution < -0.4 is 10.6 Å². The normalized spacial score (nSPS) is 25.1. The molecule has 0 aromatic carbocycles. The van der Waals surface area contributed by atoms with Crippen molar-refractivity contribution in [1.29, 1.82) is 0 Å². The number of ether oxygens (including phenoxy) is 1. The van der Waals surface area contributed by atoms with Crippen molar-refractivity contribution in [2.45, 2.75) is 57.9 Å². The molecule has 160 valence electrons. The summed E-state index contributed by atoms with van der Waals surface area (Å²) in [6.45, 7) is 10.3. The van der Waals surface area contributed by atoms with Crippen LogP contribution in [0, 0.1) is 5.92 Å². The van der Waals surface area contributed by atoms with Gasteiger partial charge in [0.25, 0.3) is 0 Å². The van der Waals surface area contributed by atoms with Gasteiger partial charge in [-0.2, -0.15) is 0 Å². The first kappa shape index (κ1) is 21.4. The van der Waals surface area contributed by atoms with Gasteiger partial charge in [-0.25, -0.2) is 0 Å². The summed E-state index contributed by atoms with van der Waals surface area (Å²) in [7, 11) is 0. The van der Waals surface area contributed by atoms with Gasteiger partial charge in [0.15, 0.2) is 5.96 Å². The number of carbonyl (C=O) groups is 1. The molecule has 3 rings (SSSR count). The number of amides is 1. The van der Waals surface area contributed by atoms with Crippen molar-refractivity contribution in [3.05, 3.63) is 0 Å². The van der Waals surface area contributed by atoms with Crippen molar-refractivity contribution < 1.29 is 9.53 Å². The molecule has 0 aromatic heterocycles. The molecule has 28 heavy (non-hydrogen) atoms. The summed E-state index contributed by atoms with van der Waals surface area (Å²) in [5.41, 5.74) is 0. The van der Waals surface area contributed by atoms with Gasteiger partial charge in [0, 0.05) is 57.8 Å². The maximum absolute atomic E-state index is 12.8. The van der Waals surface area contributed by atoms with Gasteiger partial charge >= 0.3 is 0 Å². The van der Waals surface area contributed by atoms with Crippen molar-refractivity contribution in [3.63, 3.8) is 0 Å². The molecule has 0 radical (unpaired) electrons. The Morgan fingerprint density at radius 1 is 1.11 bits per heavy atom. The first-order valence-electron chi connectivity index (χ1n) is 11.4. The van der Waals surface area contributed by atoms with E-state index in [0.717, 1.165) is 90.7 Å². The lowest BCUT2D eigenvalue weighted by Crippen LogP contribution is -2.45. The monoisotopic (exact) mass is 393 g/mol. The molecule has 7 heteroatoms. The van der Waals surface area contributed by atoms with E-state index in [-0.39, 0.29) is 5.92 Å². The second-order valence-corrected chi connectivity index (χ2v) is 8.32. The van der Waals surface area contributed by atoms with E-state index in [4.69, 9.17) is 9.73 Å². The minimum Gasteiger partial charge on any atom is -0.379 e. The fourth-order valence-corrected chi connectivity index (χ4v) is 4.51. The van der Waals surface area contributed by atoms with E-state index in [2.05, 4.69) is 27.4 Å². The molecule has 2 aliphatic heterocycles. The van der Waals surface area contributed by atoms with Crippen molar-refractivity contribution >= 4 is 11.9 Å². The molecule has 1 atom stereocenters. The topological polar surface area (TPSA) is 69.2 Å². The van der Waals surface area contributed by atoms with Crippen LogP contribution >= 0.6 is 0 Å². The van der Waals surface area contributed by atoms with E-state index in [1.165, 1.54) is 19.3 Å². The lowest BCUT2D eigenvalue weighted by Gasteiger charge is -2.26. The van der Waals surface area contributed by atoms with Gasteiger partial charge in [0.1, 0.15) is 0 Å². The number of nitrogens with zero attached hydrogens (tertiary/aromatic N) is 3. The molecule has 3 aliphatic rings. The van der Waals surface area contributed by atoms with Crippen molar-refractivity contribution in [3.8, 4) is 0 Å². The van der Waals surface area contributed by atoms with Crippen LogP contribution in [0.5, 0.6) is 0 Å². The lowest BCUT2D eigenvalue weighted by atomic mass is 9.88. The van der Waals surface area contributed by atoms with Crippen LogP contribution in [0.2, 0.25) is 0 Å². The second-order valence-electron chi connectivity index (χ2n) is 8.32. The van der Waals surface area contributed by atoms with E-state index in [9.17, 15) is 4.79 Å². The number of aliphatic imine (C=N–C) groups is 1. The zero-order valence-corrected chi connectivity index (χ0v) is 17.6. The zero-order valence-electron chi connectivity index (χ0n) is 17.6. The molecular formula is C21H39N5O2. The molecular weight excluding hydrogens is 354 g/mol. The Hall–Kier alpha value is -1.34. The summed E-state index contributed by atoms with van der Waals surface area (Å²) >= 11 is 0. The van der Waals surface area contributed by atoms with Gasteiger partial charge in [-0.1, -0.05) is 19.3 Å². The summed E-state index contributed by atoms with van der Waals surface area (Å²) in [5.74, 6) is 1.55. The lowest BCUT2D eigenvalue weighted by molar-refractivity contribution is -0.135. The molecule has 1 aliphatic carbocycles. The van der Waals surface area contributed by atoms with Gasteiger partial charge in [-0.05, 0) is 32.6 Å². The molecule has 2 heterocycles. The Bertz CT molecular complexity index is 501. The van der Waals surface area contributed by atoms with Gasteiger partial charge in [-0.3, -0.25) is 14.7 Å². The highest BCUT2D eigenvalue weighted by atomic mass is 16.5. The van der Waals surface area contributed by atoms with Crippen LogP contribution in [0.15, 0.2) is 4.99 Å². The Kier molecular flexibility index (Phi) is 8.86. The summed E-state index contributed by atoms with van der Waals surface area (Å²) in [6.07, 6.45) is 7.97. The predicted octanol–water partition coefficient (Wildman–Crippen LogP) is 1.45. The molecule has 2 saturated heterocycles. The molecule has 1 unspecified atom stereocenters. The zero-order chi connectivity index (χ0) is 19.6. The Morgan fingerprint density at radius 2 is 1.89 bits per heavy atom. The highest BCUT2D eigenvalue weighted by Gasteiger charge is 2.31. The van der Waals surface area contributed by atoms with E-state index in [1.54, 1.807) is 0 Å². The number of hydrogen-bond acceptors (Lipinski definition) is 4. The number of carbonyl (C=O) groups excluding carboxylic acids is 1. The summed E-state index contributed by atoms with van der Waals surface area (Å²) in [6, 6.07) is 0.310. The number of guanidine groups is 1. The molecule has 0 spiro atoms. The average Bonchev–Trinajstić information content (AvgIpc) is 3.20. The second kappa shape index (κ2) is 11.6. The van der Waals surface area contributed by atoms with E-state index >= 15 is 0 Å². The Morgan fingerprint density at radius 3 is 2.64 bits per heavy atom. The van der Waals surface area contributed by atoms with Crippen LogP contribution in [0.4, 0.5) is 0 Å². The summed E-state index contributed by atoms with van der Waals surface area (Å²) < 4.78 is 5.40. The van der Waals surface area contributed by atoms with Gasteiger partial charge in [0.05, 0.1) is 13.2 Å². The molecule has 3 fully saturated rings. The summed E-state index contributed by atoms with van der Waals surface area (Å²) in [5, 5.41) is 6.91. The van der Waals surface area contributed by atoms with Crippen LogP contribution in [-0.4, -0.2) is 86.7 Å². The molecule has 2 N–H and O–H groups in total. The predicted molar refractivity (Wildman–Crippen MR) is 113 cm³/mol. The van der Waals surface area contributed by atoms with Crippen molar-refractivity contribution in [2.75, 3.05) is 59.0 Å². The van der Waals surface area contributed by atoms with E-state index in [1.807, 2.05) is 0 Å². The summed E-state index contributed by atoms with van der Waals surface area (Å²) in [4.78, 5) is 22.0. The van der Waals surface area contributed by atoms with Crippen molar-refractivity contribution in [2.24, 2.45) is 10.9 Å². The first-order valence-corrected chi connectivity index (χ1v) is 11.4. The highest BCUT2D eigenvalue weighted by Crippen LogP contribution is 2.26. The van der Waals surface area contributed by atoms with E-state index < -0.39 is 0 Å². The van der Waals surface area contributed by atoms with E-state index in [0.29, 0.717) is 11.9 Å². The first-order chi connectivity index (χ1) is 13.8. The van der Waals surface area contributed by atoms with Crippen molar-refractivity contribution in [1.82, 2.24) is 20.4 Å². The minimum atomic E-state index is 0.273. The largest absolute Gasteiger partial charge is 0.379 e. The quantitative estimate of drug-likeness (QED) is 0.389. The third-order valence-corrected chi connectivity index (χ3v) is 6.15. The highest BCUT2D eigenvalue weighted by molar-refractivity contribution is 5.81. The molecule has 0 aromatic rings. The maximum Gasteiger partial charge on any atom is 0.225 e. The van der Waals surface area contributed by atoms with Crippen LogP contribution in [-0.2, 0) is 9.53 Å². The third kappa shape index (κ3) is 6.62. The Balaban J connectivity index is 1.40. The fourth-order valence-electron chi connectivity index (χ4n) is 4.51. The SMILES string of the molecule is CCNC(=NCCCN1CCOCC1)NC1CCN(C(=O)C2CCCCC2)C1. The average molecular weight is 394 g/mol. The maximum atomic E-state index is 12.8. The standard InChI is InChI=1S/C21H39N5O2/c1-2-22-21(23-10-6-11-25-13-15-28-16-14-25)24-19-9-12-26(17-19)20(27)18-7-4-3-5-8-18/h18-19H,2-17H2,1H3,(H2,22,23,24). The number of nitrogens with one attached hydrogen (secondary N) is 2. The number of likely N-dealkylation sites (tertiary alicyclic amines) is 1. The van der Waals surface area contributed by atoms with Crippen LogP contribution in [0.3, 0.4) is 0 Å². The van der Waals surface area contributed by atoms with Crippen LogP contribution in [0.25, 0.3) is 0 Å². The smallest absolute Gasteiger partial charge is 0.225 e. The minimum absolute atomic E-state index is 0.273. The molecule has 0 bridgehead atoms. The van der Waals surface area contributed by atoms with Gasteiger partial charge in [-0.15, -0.1) is 0 Å². The number of morpholine rings is 1.